The van der Waals surface area contributed by atoms with E-state index in [4.69, 9.17) is 4.98 Å². The van der Waals surface area contributed by atoms with Crippen molar-refractivity contribution in [2.75, 3.05) is 0 Å². The Morgan fingerprint density at radius 2 is 1.57 bits per heavy atom. The van der Waals surface area contributed by atoms with E-state index in [9.17, 15) is 0 Å². The number of hydrogen-bond donors (Lipinski definition) is 0. The van der Waals surface area contributed by atoms with E-state index in [0.29, 0.717) is 0 Å². The highest BCUT2D eigenvalue weighted by Gasteiger charge is 2.17. The van der Waals surface area contributed by atoms with Crippen LogP contribution in [0.4, 0.5) is 0 Å². The Hall–Kier alpha value is -3.99. The first-order valence-corrected chi connectivity index (χ1v) is 9.14. The Balaban J connectivity index is 1.64. The molecule has 0 radical (unpaired) electrons. The van der Waals surface area contributed by atoms with Gasteiger partial charge in [0.1, 0.15) is 11.2 Å². The van der Waals surface area contributed by atoms with Gasteiger partial charge in [-0.1, -0.05) is 30.3 Å². The third-order valence-corrected chi connectivity index (χ3v) is 5.05. The molecule has 5 aromatic heterocycles. The lowest BCUT2D eigenvalue weighted by atomic mass is 10.2. The number of para-hydroxylation sites is 1. The molecule has 6 aromatic rings. The molecule has 0 N–H and O–H groups in total. The van der Waals surface area contributed by atoms with Crippen LogP contribution in [0.2, 0.25) is 0 Å². The molecule has 5 nitrogen and oxygen atoms in total. The highest BCUT2D eigenvalue weighted by molar-refractivity contribution is 6.07. The number of imidazole rings is 1. The smallest absolute Gasteiger partial charge is 0.150 e. The first-order valence-electron chi connectivity index (χ1n) is 9.14. The number of pyridine rings is 3. The molecule has 5 heteroatoms. The van der Waals surface area contributed by atoms with Crippen molar-refractivity contribution in [1.82, 2.24) is 23.9 Å². The van der Waals surface area contributed by atoms with Gasteiger partial charge in [0.15, 0.2) is 5.65 Å². The molecule has 0 unspecified atom stereocenters. The SMILES string of the molecule is c1ccc(-c2ccc(-n3c4ccccc4c4nc5ccccn5c43)cn2)nc1. The minimum absolute atomic E-state index is 0.857. The summed E-state index contributed by atoms with van der Waals surface area (Å²) in [7, 11) is 0. The van der Waals surface area contributed by atoms with Crippen LogP contribution in [0.3, 0.4) is 0 Å². The molecule has 0 amide bonds. The molecule has 6 rings (SSSR count). The summed E-state index contributed by atoms with van der Waals surface area (Å²) in [4.78, 5) is 13.9. The highest BCUT2D eigenvalue weighted by Crippen LogP contribution is 2.32. The molecule has 132 valence electrons. The lowest BCUT2D eigenvalue weighted by Crippen LogP contribution is -1.98. The summed E-state index contributed by atoms with van der Waals surface area (Å²) >= 11 is 0. The average Bonchev–Trinajstić information content (AvgIpc) is 3.29. The molecule has 1 aromatic carbocycles. The van der Waals surface area contributed by atoms with Gasteiger partial charge in [-0.3, -0.25) is 18.9 Å². The predicted molar refractivity (Wildman–Crippen MR) is 111 cm³/mol. The van der Waals surface area contributed by atoms with Crippen LogP contribution in [0.25, 0.3) is 44.8 Å². The van der Waals surface area contributed by atoms with Crippen LogP contribution < -0.4 is 0 Å². The zero-order valence-corrected chi connectivity index (χ0v) is 14.9. The fourth-order valence-electron chi connectivity index (χ4n) is 3.81. The number of hydrogen-bond acceptors (Lipinski definition) is 3. The van der Waals surface area contributed by atoms with Crippen molar-refractivity contribution in [3.8, 4) is 17.1 Å². The van der Waals surface area contributed by atoms with Crippen LogP contribution in [-0.4, -0.2) is 23.9 Å². The lowest BCUT2D eigenvalue weighted by Gasteiger charge is -2.08. The van der Waals surface area contributed by atoms with Crippen LogP contribution in [0, 0.1) is 0 Å². The Kier molecular flexibility index (Phi) is 3.10. The number of nitrogens with zero attached hydrogens (tertiary/aromatic N) is 5. The molecule has 0 atom stereocenters. The van der Waals surface area contributed by atoms with E-state index in [-0.39, 0.29) is 0 Å². The Morgan fingerprint density at radius 3 is 2.43 bits per heavy atom. The third kappa shape index (κ3) is 2.10. The molecular weight excluding hydrogens is 346 g/mol. The standard InChI is InChI=1S/C23H15N5/c1-2-9-20-17(7-1)22-23(27-14-6-4-10-21(27)26-22)28(20)16-11-12-19(25-15-16)18-8-3-5-13-24-18/h1-15H. The quantitative estimate of drug-likeness (QED) is 0.441. The van der Waals surface area contributed by atoms with Crippen molar-refractivity contribution in [1.29, 1.82) is 0 Å². The predicted octanol–water partition coefficient (Wildman–Crippen LogP) is 4.89. The molecule has 0 spiro atoms. The van der Waals surface area contributed by atoms with Crippen LogP contribution in [-0.2, 0) is 0 Å². The zero-order valence-electron chi connectivity index (χ0n) is 14.9. The topological polar surface area (TPSA) is 48.0 Å². The van der Waals surface area contributed by atoms with E-state index < -0.39 is 0 Å². The van der Waals surface area contributed by atoms with Gasteiger partial charge in [0.25, 0.3) is 0 Å². The largest absolute Gasteiger partial charge is 0.292 e. The molecule has 0 fully saturated rings. The summed E-state index contributed by atoms with van der Waals surface area (Å²) in [6.07, 6.45) is 5.74. The fraction of sp³-hybridized carbons (Fsp3) is 0. The molecule has 5 heterocycles. The molecule has 0 aliphatic heterocycles. The van der Waals surface area contributed by atoms with Crippen molar-refractivity contribution < 1.29 is 0 Å². The summed E-state index contributed by atoms with van der Waals surface area (Å²) in [5.41, 5.74) is 6.81. The fourth-order valence-corrected chi connectivity index (χ4v) is 3.81. The molecule has 28 heavy (non-hydrogen) atoms. The summed E-state index contributed by atoms with van der Waals surface area (Å²) in [5.74, 6) is 0. The van der Waals surface area contributed by atoms with Crippen molar-refractivity contribution in [2.24, 2.45) is 0 Å². The van der Waals surface area contributed by atoms with Gasteiger partial charge in [-0.05, 0) is 42.5 Å². The minimum atomic E-state index is 0.857. The molecule has 0 aliphatic carbocycles. The van der Waals surface area contributed by atoms with E-state index in [1.54, 1.807) is 6.20 Å². The zero-order chi connectivity index (χ0) is 18.5. The monoisotopic (exact) mass is 361 g/mol. The maximum absolute atomic E-state index is 4.87. The summed E-state index contributed by atoms with van der Waals surface area (Å²) < 4.78 is 4.35. The summed E-state index contributed by atoms with van der Waals surface area (Å²) in [6, 6.07) is 24.4. The van der Waals surface area contributed by atoms with Gasteiger partial charge in [0.05, 0.1) is 28.8 Å². The van der Waals surface area contributed by atoms with Crippen molar-refractivity contribution in [3.63, 3.8) is 0 Å². The Bertz CT molecular complexity index is 1440. The van der Waals surface area contributed by atoms with Gasteiger partial charge in [-0.2, -0.15) is 0 Å². The van der Waals surface area contributed by atoms with Crippen molar-refractivity contribution >= 4 is 27.7 Å². The first-order chi connectivity index (χ1) is 13.9. The third-order valence-electron chi connectivity index (χ3n) is 5.05. The van der Waals surface area contributed by atoms with Gasteiger partial charge in [0.2, 0.25) is 0 Å². The molecule has 0 saturated carbocycles. The van der Waals surface area contributed by atoms with Gasteiger partial charge in [-0.15, -0.1) is 0 Å². The van der Waals surface area contributed by atoms with Gasteiger partial charge >= 0.3 is 0 Å². The van der Waals surface area contributed by atoms with Gasteiger partial charge < -0.3 is 0 Å². The van der Waals surface area contributed by atoms with Crippen LogP contribution in [0.5, 0.6) is 0 Å². The highest BCUT2D eigenvalue weighted by atomic mass is 15.1. The lowest BCUT2D eigenvalue weighted by molar-refractivity contribution is 1.08. The maximum atomic E-state index is 4.87. The molecule has 0 bridgehead atoms. The van der Waals surface area contributed by atoms with E-state index in [1.165, 1.54) is 0 Å². The second-order valence-electron chi connectivity index (χ2n) is 6.68. The number of rotatable bonds is 2. The van der Waals surface area contributed by atoms with E-state index in [2.05, 4.69) is 55.5 Å². The van der Waals surface area contributed by atoms with Crippen molar-refractivity contribution in [3.05, 3.63) is 91.4 Å². The molecule has 0 aliphatic rings. The summed E-state index contributed by atoms with van der Waals surface area (Å²) in [5, 5.41) is 1.13. The van der Waals surface area contributed by atoms with Gasteiger partial charge in [0, 0.05) is 17.8 Å². The number of aromatic nitrogens is 5. The average molecular weight is 361 g/mol. The Morgan fingerprint density at radius 1 is 0.714 bits per heavy atom. The maximum Gasteiger partial charge on any atom is 0.150 e. The van der Waals surface area contributed by atoms with E-state index in [1.807, 2.05) is 48.7 Å². The summed E-state index contributed by atoms with van der Waals surface area (Å²) in [6.45, 7) is 0. The number of benzene rings is 1. The second-order valence-corrected chi connectivity index (χ2v) is 6.68. The van der Waals surface area contributed by atoms with E-state index >= 15 is 0 Å². The van der Waals surface area contributed by atoms with Crippen molar-refractivity contribution in [2.45, 2.75) is 0 Å². The minimum Gasteiger partial charge on any atom is -0.292 e. The normalized spacial score (nSPS) is 11.6. The molecular formula is C23H15N5. The van der Waals surface area contributed by atoms with Crippen LogP contribution >= 0.6 is 0 Å². The van der Waals surface area contributed by atoms with Crippen LogP contribution in [0.15, 0.2) is 91.4 Å². The van der Waals surface area contributed by atoms with Gasteiger partial charge in [-0.25, -0.2) is 4.98 Å². The Labute approximate surface area is 160 Å². The van der Waals surface area contributed by atoms with Crippen LogP contribution in [0.1, 0.15) is 0 Å². The number of fused-ring (bicyclic) bond motifs is 5. The van der Waals surface area contributed by atoms with E-state index in [0.717, 1.165) is 44.8 Å². The molecule has 0 saturated heterocycles. The first kappa shape index (κ1) is 15.1. The second kappa shape index (κ2) is 5.76.